The van der Waals surface area contributed by atoms with Crippen LogP contribution in [0.15, 0.2) is 11.4 Å². The second-order valence-corrected chi connectivity index (χ2v) is 4.93. The van der Waals surface area contributed by atoms with Gasteiger partial charge in [0.05, 0.1) is 17.7 Å². The zero-order valence-electron chi connectivity index (χ0n) is 8.66. The molecule has 1 rings (SSSR count). The quantitative estimate of drug-likeness (QED) is 0.857. The fourth-order valence-electron chi connectivity index (χ4n) is 1.11. The summed E-state index contributed by atoms with van der Waals surface area (Å²) in [5, 5.41) is 14.0. The number of carbonyl (C=O) groups is 1. The van der Waals surface area contributed by atoms with Crippen LogP contribution < -0.4 is 5.32 Å². The van der Waals surface area contributed by atoms with E-state index in [9.17, 15) is 4.79 Å². The van der Waals surface area contributed by atoms with Crippen LogP contribution in [0.3, 0.4) is 0 Å². The molecule has 0 radical (unpaired) electrons. The standard InChI is InChI=1S/C10H14ClNO2S/c1-6(2)8(5-13)12-10(14)9-7(11)3-4-15-9/h3-4,6,8,13H,5H2,1-2H3,(H,12,14). The Kier molecular flexibility index (Phi) is 4.57. The van der Waals surface area contributed by atoms with E-state index in [-0.39, 0.29) is 24.5 Å². The van der Waals surface area contributed by atoms with E-state index in [0.29, 0.717) is 9.90 Å². The fraction of sp³-hybridized carbons (Fsp3) is 0.500. The first-order chi connectivity index (χ1) is 7.06. The molecule has 0 saturated heterocycles. The average molecular weight is 248 g/mol. The molecule has 0 spiro atoms. The van der Waals surface area contributed by atoms with Crippen molar-refractivity contribution in [1.82, 2.24) is 5.32 Å². The van der Waals surface area contributed by atoms with Gasteiger partial charge in [0.1, 0.15) is 4.88 Å². The first-order valence-corrected chi connectivity index (χ1v) is 5.96. The molecule has 1 aromatic rings. The molecule has 1 amide bonds. The van der Waals surface area contributed by atoms with Crippen LogP contribution in [-0.4, -0.2) is 23.7 Å². The molecule has 0 fully saturated rings. The second-order valence-electron chi connectivity index (χ2n) is 3.60. The van der Waals surface area contributed by atoms with E-state index in [2.05, 4.69) is 5.32 Å². The number of rotatable bonds is 4. The number of hydrogen-bond acceptors (Lipinski definition) is 3. The Morgan fingerprint density at radius 1 is 1.67 bits per heavy atom. The number of halogens is 1. The lowest BCUT2D eigenvalue weighted by Gasteiger charge is -2.19. The Balaban J connectivity index is 2.67. The Bertz CT molecular complexity index is 338. The van der Waals surface area contributed by atoms with Crippen molar-refractivity contribution in [2.24, 2.45) is 5.92 Å². The zero-order valence-corrected chi connectivity index (χ0v) is 10.2. The maximum atomic E-state index is 11.7. The van der Waals surface area contributed by atoms with Crippen molar-refractivity contribution in [3.05, 3.63) is 21.3 Å². The summed E-state index contributed by atoms with van der Waals surface area (Å²) in [5.41, 5.74) is 0. The molecule has 0 aliphatic rings. The van der Waals surface area contributed by atoms with Crippen LogP contribution in [-0.2, 0) is 0 Å². The van der Waals surface area contributed by atoms with Gasteiger partial charge in [-0.25, -0.2) is 0 Å². The van der Waals surface area contributed by atoms with Crippen molar-refractivity contribution in [3.63, 3.8) is 0 Å². The van der Waals surface area contributed by atoms with Gasteiger partial charge >= 0.3 is 0 Å². The summed E-state index contributed by atoms with van der Waals surface area (Å²) in [5.74, 6) is -0.0274. The van der Waals surface area contributed by atoms with Gasteiger partial charge in [-0.2, -0.15) is 0 Å². The van der Waals surface area contributed by atoms with Crippen LogP contribution in [0.4, 0.5) is 0 Å². The largest absolute Gasteiger partial charge is 0.394 e. The summed E-state index contributed by atoms with van der Waals surface area (Å²) in [6.45, 7) is 3.82. The van der Waals surface area contributed by atoms with Gasteiger partial charge in [-0.1, -0.05) is 25.4 Å². The average Bonchev–Trinajstić information content (AvgIpc) is 2.60. The molecule has 84 valence electrons. The molecule has 1 aromatic heterocycles. The molecule has 15 heavy (non-hydrogen) atoms. The number of aliphatic hydroxyl groups excluding tert-OH is 1. The van der Waals surface area contributed by atoms with E-state index in [0.717, 1.165) is 0 Å². The Labute approximate surface area is 98.1 Å². The van der Waals surface area contributed by atoms with E-state index in [1.807, 2.05) is 13.8 Å². The predicted octanol–water partition coefficient (Wildman–Crippen LogP) is 2.15. The summed E-state index contributed by atoms with van der Waals surface area (Å²) in [7, 11) is 0. The van der Waals surface area contributed by atoms with Gasteiger partial charge in [0.2, 0.25) is 0 Å². The molecular weight excluding hydrogens is 234 g/mol. The smallest absolute Gasteiger partial charge is 0.263 e. The SMILES string of the molecule is CC(C)C(CO)NC(=O)c1sccc1Cl. The summed E-state index contributed by atoms with van der Waals surface area (Å²) in [6.07, 6.45) is 0. The van der Waals surface area contributed by atoms with Crippen molar-refractivity contribution in [2.75, 3.05) is 6.61 Å². The highest BCUT2D eigenvalue weighted by atomic mass is 35.5. The van der Waals surface area contributed by atoms with Crippen molar-refractivity contribution >= 4 is 28.8 Å². The van der Waals surface area contributed by atoms with E-state index >= 15 is 0 Å². The number of aliphatic hydroxyl groups is 1. The molecule has 3 nitrogen and oxygen atoms in total. The Hall–Kier alpha value is -0.580. The molecule has 0 bridgehead atoms. The van der Waals surface area contributed by atoms with Crippen molar-refractivity contribution in [2.45, 2.75) is 19.9 Å². The number of nitrogens with one attached hydrogen (secondary N) is 1. The third kappa shape index (κ3) is 3.19. The fourth-order valence-corrected chi connectivity index (χ4v) is 2.16. The van der Waals surface area contributed by atoms with E-state index < -0.39 is 0 Å². The summed E-state index contributed by atoms with van der Waals surface area (Å²) >= 11 is 7.12. The molecule has 1 unspecified atom stereocenters. The van der Waals surface area contributed by atoms with E-state index in [1.165, 1.54) is 11.3 Å². The number of carbonyl (C=O) groups excluding carboxylic acids is 1. The molecule has 0 aliphatic carbocycles. The van der Waals surface area contributed by atoms with Gasteiger partial charge in [0.25, 0.3) is 5.91 Å². The first-order valence-electron chi connectivity index (χ1n) is 4.71. The van der Waals surface area contributed by atoms with Crippen LogP contribution in [0.1, 0.15) is 23.5 Å². The predicted molar refractivity (Wildman–Crippen MR) is 62.5 cm³/mol. The second kappa shape index (κ2) is 5.49. The number of hydrogen-bond donors (Lipinski definition) is 2. The molecule has 1 atom stereocenters. The first kappa shape index (κ1) is 12.5. The normalized spacial score (nSPS) is 12.9. The molecular formula is C10H14ClNO2S. The number of amides is 1. The minimum atomic E-state index is -0.226. The molecule has 5 heteroatoms. The Morgan fingerprint density at radius 2 is 2.33 bits per heavy atom. The van der Waals surface area contributed by atoms with Gasteiger partial charge < -0.3 is 10.4 Å². The minimum Gasteiger partial charge on any atom is -0.394 e. The Morgan fingerprint density at radius 3 is 2.73 bits per heavy atom. The highest BCUT2D eigenvalue weighted by molar-refractivity contribution is 7.12. The van der Waals surface area contributed by atoms with Gasteiger partial charge in [-0.05, 0) is 17.4 Å². The van der Waals surface area contributed by atoms with Crippen molar-refractivity contribution < 1.29 is 9.90 Å². The summed E-state index contributed by atoms with van der Waals surface area (Å²) < 4.78 is 0. The van der Waals surface area contributed by atoms with Crippen LogP contribution in [0.2, 0.25) is 5.02 Å². The van der Waals surface area contributed by atoms with Gasteiger partial charge in [0, 0.05) is 0 Å². The van der Waals surface area contributed by atoms with Crippen molar-refractivity contribution in [3.8, 4) is 0 Å². The maximum Gasteiger partial charge on any atom is 0.263 e. The minimum absolute atomic E-state index is 0.0631. The highest BCUT2D eigenvalue weighted by Crippen LogP contribution is 2.21. The van der Waals surface area contributed by atoms with E-state index in [4.69, 9.17) is 16.7 Å². The third-order valence-electron chi connectivity index (χ3n) is 2.14. The van der Waals surface area contributed by atoms with Crippen LogP contribution in [0.25, 0.3) is 0 Å². The molecule has 2 N–H and O–H groups in total. The molecule has 0 aliphatic heterocycles. The summed E-state index contributed by atoms with van der Waals surface area (Å²) in [4.78, 5) is 12.2. The van der Waals surface area contributed by atoms with Gasteiger partial charge in [-0.3, -0.25) is 4.79 Å². The monoisotopic (exact) mass is 247 g/mol. The van der Waals surface area contributed by atoms with Crippen LogP contribution in [0.5, 0.6) is 0 Å². The summed E-state index contributed by atoms with van der Waals surface area (Å²) in [6, 6.07) is 1.46. The van der Waals surface area contributed by atoms with Gasteiger partial charge in [0.15, 0.2) is 0 Å². The topological polar surface area (TPSA) is 49.3 Å². The maximum absolute atomic E-state index is 11.7. The molecule has 0 aromatic carbocycles. The van der Waals surface area contributed by atoms with Crippen LogP contribution >= 0.6 is 22.9 Å². The molecule has 0 saturated carbocycles. The highest BCUT2D eigenvalue weighted by Gasteiger charge is 2.18. The number of thiophene rings is 1. The molecule has 1 heterocycles. The lowest BCUT2D eigenvalue weighted by atomic mass is 10.1. The van der Waals surface area contributed by atoms with E-state index in [1.54, 1.807) is 11.4 Å². The zero-order chi connectivity index (χ0) is 11.4. The third-order valence-corrected chi connectivity index (χ3v) is 3.48. The lowest BCUT2D eigenvalue weighted by Crippen LogP contribution is -2.40. The lowest BCUT2D eigenvalue weighted by molar-refractivity contribution is 0.0901. The van der Waals surface area contributed by atoms with Crippen LogP contribution in [0, 0.1) is 5.92 Å². The van der Waals surface area contributed by atoms with Gasteiger partial charge in [-0.15, -0.1) is 11.3 Å². The van der Waals surface area contributed by atoms with Crippen molar-refractivity contribution in [1.29, 1.82) is 0 Å².